The van der Waals surface area contributed by atoms with Gasteiger partial charge in [-0.3, -0.25) is 0 Å². The first-order valence-electron chi connectivity index (χ1n) is 3.70. The van der Waals surface area contributed by atoms with Crippen LogP contribution < -0.4 is 0 Å². The summed E-state index contributed by atoms with van der Waals surface area (Å²) in [6, 6.07) is 0. The van der Waals surface area contributed by atoms with E-state index >= 15 is 0 Å². The van der Waals surface area contributed by atoms with Gasteiger partial charge in [-0.2, -0.15) is 0 Å². The van der Waals surface area contributed by atoms with Crippen molar-refractivity contribution in [3.05, 3.63) is 0 Å². The Morgan fingerprint density at radius 2 is 2.27 bits per heavy atom. The summed E-state index contributed by atoms with van der Waals surface area (Å²) >= 11 is 0. The first kappa shape index (κ1) is 8.87. The Kier molecular flexibility index (Phi) is 2.78. The van der Waals surface area contributed by atoms with E-state index in [0.29, 0.717) is 19.6 Å². The van der Waals surface area contributed by atoms with Crippen LogP contribution in [0.15, 0.2) is 0 Å². The first-order valence-corrected chi connectivity index (χ1v) is 3.70. The van der Waals surface area contributed by atoms with E-state index in [9.17, 15) is 8.78 Å². The van der Waals surface area contributed by atoms with Crippen LogP contribution in [0.2, 0.25) is 0 Å². The van der Waals surface area contributed by atoms with Crippen LogP contribution >= 0.6 is 0 Å². The van der Waals surface area contributed by atoms with Crippen LogP contribution in [-0.4, -0.2) is 30.8 Å². The monoisotopic (exact) mass is 166 g/mol. The number of aliphatic hydroxyl groups is 1. The van der Waals surface area contributed by atoms with Crippen molar-refractivity contribution in [1.29, 1.82) is 0 Å². The molecule has 0 aromatic carbocycles. The molecule has 4 heteroatoms. The normalized spacial score (nSPS) is 25.9. The van der Waals surface area contributed by atoms with Crippen LogP contribution in [0.1, 0.15) is 12.8 Å². The minimum atomic E-state index is -2.92. The molecule has 1 aliphatic rings. The zero-order chi connectivity index (χ0) is 8.32. The minimum absolute atomic E-state index is 0.0721. The van der Waals surface area contributed by atoms with Crippen molar-refractivity contribution >= 4 is 0 Å². The van der Waals surface area contributed by atoms with Gasteiger partial charge in [-0.05, 0) is 12.3 Å². The molecule has 1 rings (SSSR count). The largest absolute Gasteiger partial charge is 0.390 e. The number of ether oxygens (including phenoxy) is 1. The molecular weight excluding hydrogens is 154 g/mol. The molecule has 1 heterocycles. The molecule has 1 atom stereocenters. The molecule has 2 nitrogen and oxygen atoms in total. The maximum atomic E-state index is 12.5. The molecule has 0 radical (unpaired) electrons. The van der Waals surface area contributed by atoms with Crippen molar-refractivity contribution in [2.24, 2.45) is 5.92 Å². The molecule has 1 fully saturated rings. The van der Waals surface area contributed by atoms with Crippen LogP contribution in [0.4, 0.5) is 8.78 Å². The molecule has 0 saturated carbocycles. The second kappa shape index (κ2) is 3.45. The van der Waals surface area contributed by atoms with Crippen LogP contribution in [-0.2, 0) is 4.74 Å². The summed E-state index contributed by atoms with van der Waals surface area (Å²) in [6.07, 6.45) is 0.444. The average Bonchev–Trinajstić information content (AvgIpc) is 2.39. The Bertz CT molecular complexity index is 122. The lowest BCUT2D eigenvalue weighted by atomic mass is 10.0. The highest BCUT2D eigenvalue weighted by molar-refractivity contribution is 4.73. The van der Waals surface area contributed by atoms with Gasteiger partial charge in [0.05, 0.1) is 0 Å². The van der Waals surface area contributed by atoms with Crippen molar-refractivity contribution in [3.8, 4) is 0 Å². The molecule has 0 aromatic heterocycles. The lowest BCUT2D eigenvalue weighted by Gasteiger charge is -2.16. The third-order valence-electron chi connectivity index (χ3n) is 1.84. The fourth-order valence-corrected chi connectivity index (χ4v) is 1.23. The number of hydrogen-bond donors (Lipinski definition) is 1. The molecule has 11 heavy (non-hydrogen) atoms. The molecule has 0 amide bonds. The number of halogens is 2. The number of hydrogen-bond acceptors (Lipinski definition) is 2. The third kappa shape index (κ3) is 2.71. The third-order valence-corrected chi connectivity index (χ3v) is 1.84. The fourth-order valence-electron chi connectivity index (χ4n) is 1.23. The van der Waals surface area contributed by atoms with Gasteiger partial charge in [0.1, 0.15) is 6.61 Å². The lowest BCUT2D eigenvalue weighted by Crippen LogP contribution is -2.25. The van der Waals surface area contributed by atoms with Gasteiger partial charge in [-0.15, -0.1) is 0 Å². The molecule has 0 bridgehead atoms. The Labute approximate surface area is 64.2 Å². The summed E-state index contributed by atoms with van der Waals surface area (Å²) in [4.78, 5) is 0. The van der Waals surface area contributed by atoms with E-state index in [4.69, 9.17) is 9.84 Å². The highest BCUT2D eigenvalue weighted by atomic mass is 19.3. The average molecular weight is 166 g/mol. The molecule has 1 aliphatic heterocycles. The second-order valence-electron chi connectivity index (χ2n) is 2.95. The van der Waals surface area contributed by atoms with Gasteiger partial charge in [-0.1, -0.05) is 0 Å². The standard InChI is InChI=1S/C7H12F2O2/c8-7(9,5-10)3-6-1-2-11-4-6/h6,10H,1-5H2. The quantitative estimate of drug-likeness (QED) is 0.678. The van der Waals surface area contributed by atoms with E-state index in [1.165, 1.54) is 0 Å². The van der Waals surface area contributed by atoms with E-state index in [2.05, 4.69) is 0 Å². The van der Waals surface area contributed by atoms with Gasteiger partial charge in [0.25, 0.3) is 5.92 Å². The van der Waals surface area contributed by atoms with Crippen molar-refractivity contribution in [2.45, 2.75) is 18.8 Å². The van der Waals surface area contributed by atoms with Crippen LogP contribution in [0.5, 0.6) is 0 Å². The highest BCUT2D eigenvalue weighted by Gasteiger charge is 2.33. The van der Waals surface area contributed by atoms with Crippen molar-refractivity contribution < 1.29 is 18.6 Å². The van der Waals surface area contributed by atoms with Crippen LogP contribution in [0.25, 0.3) is 0 Å². The molecule has 1 N–H and O–H groups in total. The van der Waals surface area contributed by atoms with E-state index in [-0.39, 0.29) is 12.3 Å². The maximum absolute atomic E-state index is 12.5. The van der Waals surface area contributed by atoms with Gasteiger partial charge in [-0.25, -0.2) is 8.78 Å². The summed E-state index contributed by atoms with van der Waals surface area (Å²) in [6.45, 7) is -0.0642. The smallest absolute Gasteiger partial charge is 0.271 e. The van der Waals surface area contributed by atoms with E-state index in [1.807, 2.05) is 0 Å². The van der Waals surface area contributed by atoms with Gasteiger partial charge in [0.2, 0.25) is 0 Å². The van der Waals surface area contributed by atoms with E-state index in [1.54, 1.807) is 0 Å². The first-order chi connectivity index (χ1) is 5.14. The Morgan fingerprint density at radius 1 is 1.55 bits per heavy atom. The maximum Gasteiger partial charge on any atom is 0.271 e. The summed E-state index contributed by atoms with van der Waals surface area (Å²) < 4.78 is 29.9. The van der Waals surface area contributed by atoms with Gasteiger partial charge >= 0.3 is 0 Å². The van der Waals surface area contributed by atoms with E-state index < -0.39 is 12.5 Å². The highest BCUT2D eigenvalue weighted by Crippen LogP contribution is 2.27. The lowest BCUT2D eigenvalue weighted by molar-refractivity contribution is -0.0680. The Balaban J connectivity index is 2.28. The molecular formula is C7H12F2O2. The molecule has 0 aromatic rings. The topological polar surface area (TPSA) is 29.5 Å². The number of alkyl halides is 2. The molecule has 1 unspecified atom stereocenters. The Morgan fingerprint density at radius 3 is 2.73 bits per heavy atom. The number of rotatable bonds is 3. The van der Waals surface area contributed by atoms with E-state index in [0.717, 1.165) is 0 Å². The predicted molar refractivity (Wildman–Crippen MR) is 35.6 cm³/mol. The molecule has 0 aliphatic carbocycles. The minimum Gasteiger partial charge on any atom is -0.390 e. The predicted octanol–water partition coefficient (Wildman–Crippen LogP) is 1.04. The zero-order valence-electron chi connectivity index (χ0n) is 6.22. The van der Waals surface area contributed by atoms with Crippen molar-refractivity contribution in [3.63, 3.8) is 0 Å². The second-order valence-corrected chi connectivity index (χ2v) is 2.95. The van der Waals surface area contributed by atoms with Gasteiger partial charge < -0.3 is 9.84 Å². The summed E-state index contributed by atoms with van der Waals surface area (Å²) in [5, 5.41) is 8.26. The summed E-state index contributed by atoms with van der Waals surface area (Å²) in [5.74, 6) is -2.99. The van der Waals surface area contributed by atoms with Gasteiger partial charge in [0.15, 0.2) is 0 Å². The SMILES string of the molecule is OCC(F)(F)CC1CCOC1. The zero-order valence-corrected chi connectivity index (χ0v) is 6.22. The molecule has 0 spiro atoms. The summed E-state index contributed by atoms with van der Waals surface area (Å²) in [7, 11) is 0. The molecule has 1 saturated heterocycles. The van der Waals surface area contributed by atoms with Crippen LogP contribution in [0, 0.1) is 5.92 Å². The van der Waals surface area contributed by atoms with Gasteiger partial charge in [0, 0.05) is 19.6 Å². The number of aliphatic hydroxyl groups excluding tert-OH is 1. The Hall–Kier alpha value is -0.220. The van der Waals surface area contributed by atoms with Crippen molar-refractivity contribution in [2.75, 3.05) is 19.8 Å². The fraction of sp³-hybridized carbons (Fsp3) is 1.00. The van der Waals surface area contributed by atoms with Crippen molar-refractivity contribution in [1.82, 2.24) is 0 Å². The summed E-state index contributed by atoms with van der Waals surface area (Å²) in [5.41, 5.74) is 0. The van der Waals surface area contributed by atoms with Crippen LogP contribution in [0.3, 0.4) is 0 Å². The molecule has 66 valence electrons.